The van der Waals surface area contributed by atoms with Gasteiger partial charge in [-0.1, -0.05) is 49.7 Å². The van der Waals surface area contributed by atoms with Crippen molar-refractivity contribution >= 4 is 16.6 Å². The predicted octanol–water partition coefficient (Wildman–Crippen LogP) is 3.54. The first-order valence-electron chi connectivity index (χ1n) is 6.90. The summed E-state index contributed by atoms with van der Waals surface area (Å²) in [5.41, 5.74) is 6.55. The van der Waals surface area contributed by atoms with Gasteiger partial charge in [-0.25, -0.2) is 0 Å². The van der Waals surface area contributed by atoms with Crippen LogP contribution in [-0.2, 0) is 0 Å². The zero-order valence-corrected chi connectivity index (χ0v) is 11.2. The number of fused-ring (bicyclic) bond motifs is 1. The van der Waals surface area contributed by atoms with Gasteiger partial charge in [0.25, 0.3) is 0 Å². The van der Waals surface area contributed by atoms with Crippen molar-refractivity contribution in [3.8, 4) is 0 Å². The maximum atomic E-state index is 12.7. The molecule has 1 aliphatic carbocycles. The fraction of sp³-hybridized carbons (Fsp3) is 0.353. The zero-order chi connectivity index (χ0) is 13.5. The minimum Gasteiger partial charge on any atom is -0.327 e. The van der Waals surface area contributed by atoms with Gasteiger partial charge >= 0.3 is 0 Å². The van der Waals surface area contributed by atoms with Crippen molar-refractivity contribution in [1.29, 1.82) is 0 Å². The third-order valence-electron chi connectivity index (χ3n) is 4.56. The van der Waals surface area contributed by atoms with Crippen LogP contribution in [0.1, 0.15) is 36.5 Å². The molecule has 19 heavy (non-hydrogen) atoms. The molecule has 1 aliphatic rings. The molecule has 2 N–H and O–H groups in total. The van der Waals surface area contributed by atoms with Crippen molar-refractivity contribution in [1.82, 2.24) is 0 Å². The molecule has 0 radical (unpaired) electrons. The molecule has 0 aliphatic heterocycles. The summed E-state index contributed by atoms with van der Waals surface area (Å²) in [5, 5.41) is 2.28. The van der Waals surface area contributed by atoms with E-state index in [1.54, 1.807) is 0 Å². The lowest BCUT2D eigenvalue weighted by molar-refractivity contribution is 0.0803. The highest BCUT2D eigenvalue weighted by atomic mass is 16.1. The first-order valence-corrected chi connectivity index (χ1v) is 6.90. The van der Waals surface area contributed by atoms with Crippen molar-refractivity contribution in [2.24, 2.45) is 11.1 Å². The molecule has 98 valence electrons. The molecular weight excluding hydrogens is 234 g/mol. The van der Waals surface area contributed by atoms with Crippen LogP contribution in [0.5, 0.6) is 0 Å². The van der Waals surface area contributed by atoms with Gasteiger partial charge in [0.15, 0.2) is 5.78 Å². The summed E-state index contributed by atoms with van der Waals surface area (Å²) < 4.78 is 0. The number of benzene rings is 2. The number of carbonyl (C=O) groups is 1. The summed E-state index contributed by atoms with van der Waals surface area (Å²) in [7, 11) is 0. The Bertz CT molecular complexity index is 634. The van der Waals surface area contributed by atoms with E-state index in [2.05, 4.69) is 6.07 Å². The van der Waals surface area contributed by atoms with Crippen LogP contribution in [-0.4, -0.2) is 11.8 Å². The Kier molecular flexibility index (Phi) is 2.90. The Labute approximate surface area is 113 Å². The van der Waals surface area contributed by atoms with E-state index in [9.17, 15) is 4.79 Å². The molecule has 0 saturated heterocycles. The monoisotopic (exact) mass is 253 g/mol. The molecule has 2 unspecified atom stereocenters. The fourth-order valence-electron chi connectivity index (χ4n) is 3.14. The molecule has 0 bridgehead atoms. The zero-order valence-electron chi connectivity index (χ0n) is 11.2. The first-order chi connectivity index (χ1) is 9.11. The molecule has 0 amide bonds. The van der Waals surface area contributed by atoms with Crippen LogP contribution in [0.2, 0.25) is 0 Å². The molecule has 2 nitrogen and oxygen atoms in total. The summed E-state index contributed by atoms with van der Waals surface area (Å²) in [6.45, 7) is 2.02. The number of carbonyl (C=O) groups excluding carboxylic acids is 1. The minimum absolute atomic E-state index is 0.00790. The van der Waals surface area contributed by atoms with Gasteiger partial charge in [0.05, 0.1) is 0 Å². The van der Waals surface area contributed by atoms with E-state index in [-0.39, 0.29) is 17.2 Å². The topological polar surface area (TPSA) is 43.1 Å². The van der Waals surface area contributed by atoms with Crippen LogP contribution in [0.25, 0.3) is 10.8 Å². The number of nitrogens with two attached hydrogens (primary N) is 1. The Balaban J connectivity index is 2.02. The molecule has 3 rings (SSSR count). The van der Waals surface area contributed by atoms with E-state index in [0.29, 0.717) is 0 Å². The van der Waals surface area contributed by atoms with Gasteiger partial charge in [0.1, 0.15) is 0 Å². The standard InChI is InChI=1S/C17H19NO/c1-17(10-4-7-15(17)18)16(19)14-9-8-12-5-2-3-6-13(12)11-14/h2-3,5-6,8-9,11,15H,4,7,10,18H2,1H3. The molecule has 2 aromatic rings. The second-order valence-electron chi connectivity index (χ2n) is 5.81. The SMILES string of the molecule is CC1(C(=O)c2ccc3ccccc3c2)CCCC1N. The van der Waals surface area contributed by atoms with E-state index in [4.69, 9.17) is 5.73 Å². The van der Waals surface area contributed by atoms with Crippen molar-refractivity contribution in [3.05, 3.63) is 48.0 Å². The second kappa shape index (κ2) is 4.46. The molecule has 0 heterocycles. The maximum absolute atomic E-state index is 12.7. The highest BCUT2D eigenvalue weighted by Gasteiger charge is 2.43. The lowest BCUT2D eigenvalue weighted by Gasteiger charge is -2.27. The Morgan fingerprint density at radius 3 is 2.63 bits per heavy atom. The highest BCUT2D eigenvalue weighted by molar-refractivity contribution is 6.03. The molecule has 1 fully saturated rings. The number of hydrogen-bond donors (Lipinski definition) is 1. The van der Waals surface area contributed by atoms with Crippen LogP contribution in [0.4, 0.5) is 0 Å². The summed E-state index contributed by atoms with van der Waals surface area (Å²) in [4.78, 5) is 12.7. The molecule has 2 aromatic carbocycles. The Hall–Kier alpha value is -1.67. The summed E-state index contributed by atoms with van der Waals surface area (Å²) in [6.07, 6.45) is 2.91. The van der Waals surface area contributed by atoms with E-state index in [1.807, 2.05) is 43.3 Å². The van der Waals surface area contributed by atoms with Gasteiger partial charge < -0.3 is 5.73 Å². The lowest BCUT2D eigenvalue weighted by Crippen LogP contribution is -2.41. The Morgan fingerprint density at radius 2 is 1.95 bits per heavy atom. The number of ketones is 1. The van der Waals surface area contributed by atoms with Crippen molar-refractivity contribution in [2.45, 2.75) is 32.2 Å². The molecule has 1 saturated carbocycles. The van der Waals surface area contributed by atoms with Crippen molar-refractivity contribution < 1.29 is 4.79 Å². The van der Waals surface area contributed by atoms with E-state index >= 15 is 0 Å². The average Bonchev–Trinajstić information content (AvgIpc) is 2.78. The average molecular weight is 253 g/mol. The normalized spacial score (nSPS) is 26.7. The van der Waals surface area contributed by atoms with Gasteiger partial charge in [0, 0.05) is 17.0 Å². The molecule has 0 aromatic heterocycles. The highest BCUT2D eigenvalue weighted by Crippen LogP contribution is 2.39. The third-order valence-corrected chi connectivity index (χ3v) is 4.56. The van der Waals surface area contributed by atoms with Crippen molar-refractivity contribution in [3.63, 3.8) is 0 Å². The first kappa shape index (κ1) is 12.4. The van der Waals surface area contributed by atoms with Crippen LogP contribution in [0.15, 0.2) is 42.5 Å². The second-order valence-corrected chi connectivity index (χ2v) is 5.81. The van der Waals surface area contributed by atoms with E-state index in [1.165, 1.54) is 5.39 Å². The van der Waals surface area contributed by atoms with Gasteiger partial charge in [-0.15, -0.1) is 0 Å². The molecule has 2 atom stereocenters. The summed E-state index contributed by atoms with van der Waals surface area (Å²) >= 11 is 0. The van der Waals surface area contributed by atoms with Gasteiger partial charge in [0.2, 0.25) is 0 Å². The molecule has 0 spiro atoms. The van der Waals surface area contributed by atoms with E-state index < -0.39 is 0 Å². The largest absolute Gasteiger partial charge is 0.327 e. The molecular formula is C17H19NO. The summed E-state index contributed by atoms with van der Waals surface area (Å²) in [5.74, 6) is 0.197. The van der Waals surface area contributed by atoms with Crippen LogP contribution in [0.3, 0.4) is 0 Å². The van der Waals surface area contributed by atoms with Crippen molar-refractivity contribution in [2.75, 3.05) is 0 Å². The van der Waals surface area contributed by atoms with Crippen LogP contribution >= 0.6 is 0 Å². The quantitative estimate of drug-likeness (QED) is 0.832. The Morgan fingerprint density at radius 1 is 1.21 bits per heavy atom. The van der Waals surface area contributed by atoms with Gasteiger partial charge in [-0.3, -0.25) is 4.79 Å². The lowest BCUT2D eigenvalue weighted by atomic mass is 9.78. The molecule has 2 heteroatoms. The summed E-state index contributed by atoms with van der Waals surface area (Å²) in [6, 6.07) is 14.1. The fourth-order valence-corrected chi connectivity index (χ4v) is 3.14. The van der Waals surface area contributed by atoms with Gasteiger partial charge in [-0.2, -0.15) is 0 Å². The smallest absolute Gasteiger partial charge is 0.170 e. The van der Waals surface area contributed by atoms with Crippen LogP contribution < -0.4 is 5.73 Å². The van der Waals surface area contributed by atoms with Gasteiger partial charge in [-0.05, 0) is 29.7 Å². The predicted molar refractivity (Wildman–Crippen MR) is 78.2 cm³/mol. The number of hydrogen-bond acceptors (Lipinski definition) is 2. The van der Waals surface area contributed by atoms with Crippen LogP contribution in [0, 0.1) is 5.41 Å². The maximum Gasteiger partial charge on any atom is 0.170 e. The number of rotatable bonds is 2. The van der Waals surface area contributed by atoms with E-state index in [0.717, 1.165) is 30.2 Å². The third kappa shape index (κ3) is 1.96. The minimum atomic E-state index is -0.386. The number of Topliss-reactive ketones (excluding diaryl/α,β-unsaturated/α-hetero) is 1.